The first-order valence-corrected chi connectivity index (χ1v) is 10.7. The molecule has 0 aliphatic carbocycles. The maximum atomic E-state index is 5.50. The van der Waals surface area contributed by atoms with Crippen LogP contribution >= 0.6 is 11.9 Å². The fourth-order valence-electron chi connectivity index (χ4n) is 3.73. The summed E-state index contributed by atoms with van der Waals surface area (Å²) in [5.41, 5.74) is 6.89. The normalized spacial score (nSPS) is 16.3. The summed E-state index contributed by atoms with van der Waals surface area (Å²) in [4.78, 5) is 1.24. The molecule has 0 unspecified atom stereocenters. The van der Waals surface area contributed by atoms with Gasteiger partial charge in [0.15, 0.2) is 0 Å². The summed E-state index contributed by atoms with van der Waals surface area (Å²) < 4.78 is 9.78. The van der Waals surface area contributed by atoms with Crippen LogP contribution < -0.4 is 17.1 Å². The molecule has 0 atom stereocenters. The smallest absolute Gasteiger partial charge is 0.140 e. The summed E-state index contributed by atoms with van der Waals surface area (Å²) in [6.45, 7) is 2.05. The van der Waals surface area contributed by atoms with Crippen LogP contribution in [0, 0.1) is 0 Å². The number of nitrogens with two attached hydrogens (primary N) is 2. The molecule has 5 N–H and O–H groups in total. The van der Waals surface area contributed by atoms with Crippen molar-refractivity contribution >= 4 is 23.3 Å². The van der Waals surface area contributed by atoms with E-state index < -0.39 is 0 Å². The molecule has 1 aliphatic rings. The van der Waals surface area contributed by atoms with Crippen molar-refractivity contribution in [1.29, 1.82) is 0 Å². The lowest BCUT2D eigenvalue weighted by Gasteiger charge is -2.30. The minimum absolute atomic E-state index is 0.379. The van der Waals surface area contributed by atoms with Gasteiger partial charge >= 0.3 is 0 Å². The molecule has 1 aromatic carbocycles. The van der Waals surface area contributed by atoms with E-state index in [-0.39, 0.29) is 0 Å². The molecular formula is C21H27N7OS. The Hall–Kier alpha value is -2.59. The Kier molecular flexibility index (Phi) is 6.53. The zero-order chi connectivity index (χ0) is 20.9. The van der Waals surface area contributed by atoms with Crippen molar-refractivity contribution in [2.45, 2.75) is 30.3 Å². The topological polar surface area (TPSA) is 106 Å². The molecule has 3 heterocycles. The van der Waals surface area contributed by atoms with Crippen LogP contribution in [0.3, 0.4) is 0 Å². The number of ether oxygens (including phenoxy) is 1. The molecule has 8 nitrogen and oxygen atoms in total. The monoisotopic (exact) mass is 425 g/mol. The van der Waals surface area contributed by atoms with E-state index in [2.05, 4.69) is 56.3 Å². The molecule has 2 aromatic heterocycles. The van der Waals surface area contributed by atoms with Gasteiger partial charge in [0.25, 0.3) is 0 Å². The first-order valence-electron chi connectivity index (χ1n) is 9.96. The van der Waals surface area contributed by atoms with Gasteiger partial charge in [-0.05, 0) is 54.1 Å². The zero-order valence-corrected chi connectivity index (χ0v) is 17.8. The lowest BCUT2D eigenvalue weighted by atomic mass is 10.1. The Morgan fingerprint density at radius 1 is 1.30 bits per heavy atom. The molecule has 1 fully saturated rings. The molecular weight excluding hydrogens is 398 g/mol. The highest BCUT2D eigenvalue weighted by molar-refractivity contribution is 7.97. The lowest BCUT2D eigenvalue weighted by molar-refractivity contribution is 0.0624. The van der Waals surface area contributed by atoms with Crippen LogP contribution in [0.5, 0.6) is 0 Å². The molecule has 1 aliphatic heterocycles. The number of piperidine rings is 1. The van der Waals surface area contributed by atoms with E-state index in [9.17, 15) is 0 Å². The molecule has 30 heavy (non-hydrogen) atoms. The maximum Gasteiger partial charge on any atom is 0.140 e. The fourth-order valence-corrected chi connectivity index (χ4v) is 4.83. The third kappa shape index (κ3) is 4.44. The van der Waals surface area contributed by atoms with Crippen molar-refractivity contribution in [3.05, 3.63) is 54.4 Å². The molecule has 0 saturated carbocycles. The summed E-state index contributed by atoms with van der Waals surface area (Å²) in [6.07, 6.45) is 6.81. The summed E-state index contributed by atoms with van der Waals surface area (Å²) in [5.74, 6) is 11.4. The summed E-state index contributed by atoms with van der Waals surface area (Å²) >= 11 is 1.82. The Morgan fingerprint density at radius 2 is 2.10 bits per heavy atom. The van der Waals surface area contributed by atoms with Crippen LogP contribution in [0.25, 0.3) is 16.6 Å². The van der Waals surface area contributed by atoms with Gasteiger partial charge in [-0.3, -0.25) is 0 Å². The second kappa shape index (κ2) is 9.48. The van der Waals surface area contributed by atoms with Gasteiger partial charge in [-0.25, -0.2) is 14.7 Å². The number of hydrogen-bond donors (Lipinski definition) is 3. The minimum Gasteiger partial charge on any atom is -0.381 e. The summed E-state index contributed by atoms with van der Waals surface area (Å²) in [7, 11) is 1.80. The average Bonchev–Trinajstić information content (AvgIpc) is 3.20. The first kappa shape index (κ1) is 20.7. The van der Waals surface area contributed by atoms with Gasteiger partial charge in [0, 0.05) is 43.3 Å². The third-order valence-corrected chi connectivity index (χ3v) is 6.62. The van der Waals surface area contributed by atoms with Crippen molar-refractivity contribution in [2.75, 3.05) is 20.2 Å². The van der Waals surface area contributed by atoms with Crippen LogP contribution in [0.4, 0.5) is 0 Å². The van der Waals surface area contributed by atoms with Gasteiger partial charge in [0.1, 0.15) is 5.84 Å². The number of hydrogen-bond acceptors (Lipinski definition) is 7. The molecule has 9 heteroatoms. The lowest BCUT2D eigenvalue weighted by Crippen LogP contribution is -2.32. The number of pyridine rings is 1. The van der Waals surface area contributed by atoms with E-state index in [0.29, 0.717) is 18.4 Å². The van der Waals surface area contributed by atoms with Crippen molar-refractivity contribution in [1.82, 2.24) is 19.3 Å². The van der Waals surface area contributed by atoms with Gasteiger partial charge in [0.2, 0.25) is 0 Å². The van der Waals surface area contributed by atoms with Crippen LogP contribution in [0.2, 0.25) is 0 Å². The SMILES string of the molecule is COC1CCN(Sc2ccccc2-c2ccn3ncc(C/C(=N/N)NN)c3c2)CC1. The van der Waals surface area contributed by atoms with E-state index in [1.54, 1.807) is 7.11 Å². The maximum absolute atomic E-state index is 5.50. The number of amidine groups is 1. The molecule has 0 radical (unpaired) electrons. The Labute approximate surface area is 180 Å². The number of hydrazone groups is 1. The van der Waals surface area contributed by atoms with Crippen LogP contribution in [0.15, 0.2) is 58.8 Å². The van der Waals surface area contributed by atoms with Gasteiger partial charge in [-0.2, -0.15) is 10.2 Å². The Balaban J connectivity index is 1.61. The van der Waals surface area contributed by atoms with Gasteiger partial charge in [-0.1, -0.05) is 18.2 Å². The number of hydrazine groups is 1. The summed E-state index contributed by atoms with van der Waals surface area (Å²) in [5, 5.41) is 8.12. The highest BCUT2D eigenvalue weighted by atomic mass is 32.2. The van der Waals surface area contributed by atoms with Crippen molar-refractivity contribution in [3.8, 4) is 11.1 Å². The second-order valence-corrected chi connectivity index (χ2v) is 8.40. The van der Waals surface area contributed by atoms with E-state index in [1.807, 2.05) is 28.9 Å². The number of rotatable bonds is 6. The highest BCUT2D eigenvalue weighted by Gasteiger charge is 2.20. The van der Waals surface area contributed by atoms with Crippen molar-refractivity contribution in [3.63, 3.8) is 0 Å². The van der Waals surface area contributed by atoms with E-state index in [1.165, 1.54) is 10.5 Å². The minimum atomic E-state index is 0.379. The predicted molar refractivity (Wildman–Crippen MR) is 121 cm³/mol. The van der Waals surface area contributed by atoms with Crippen LogP contribution in [-0.4, -0.2) is 46.1 Å². The highest BCUT2D eigenvalue weighted by Crippen LogP contribution is 2.35. The quantitative estimate of drug-likeness (QED) is 0.183. The molecule has 1 saturated heterocycles. The van der Waals surface area contributed by atoms with Gasteiger partial charge in [0.05, 0.1) is 17.8 Å². The number of methoxy groups -OCH3 is 1. The number of nitrogens with zero attached hydrogens (tertiary/aromatic N) is 4. The zero-order valence-electron chi connectivity index (χ0n) is 17.0. The third-order valence-electron chi connectivity index (χ3n) is 5.44. The Bertz CT molecular complexity index is 1030. The van der Waals surface area contributed by atoms with Crippen molar-refractivity contribution < 1.29 is 4.74 Å². The number of aromatic nitrogens is 2. The number of benzene rings is 1. The van der Waals surface area contributed by atoms with Gasteiger partial charge < -0.3 is 16.0 Å². The summed E-state index contributed by atoms with van der Waals surface area (Å²) in [6, 6.07) is 12.8. The van der Waals surface area contributed by atoms with E-state index >= 15 is 0 Å². The number of nitrogens with one attached hydrogen (secondary N) is 1. The fraction of sp³-hybridized carbons (Fsp3) is 0.333. The Morgan fingerprint density at radius 3 is 2.83 bits per heavy atom. The molecule has 158 valence electrons. The molecule has 0 bridgehead atoms. The predicted octanol–water partition coefficient (Wildman–Crippen LogP) is 2.40. The molecule has 0 spiro atoms. The molecule has 0 amide bonds. The standard InChI is InChI=1S/C21H27N7OS/c1-29-17-7-9-27(10-8-17)30-20-5-3-2-4-18(20)15-6-11-28-19(12-15)16(14-24-28)13-21(25-22)26-23/h2-6,11-12,14,17H,7-10,13,22-23H2,1H3,(H,25,26). The molecule has 3 aromatic rings. The largest absolute Gasteiger partial charge is 0.381 e. The van der Waals surface area contributed by atoms with Crippen LogP contribution in [-0.2, 0) is 11.2 Å². The number of fused-ring (bicyclic) bond motifs is 1. The molecule has 4 rings (SSSR count). The first-order chi connectivity index (χ1) is 14.7. The van der Waals surface area contributed by atoms with E-state index in [4.69, 9.17) is 16.4 Å². The van der Waals surface area contributed by atoms with E-state index in [0.717, 1.165) is 42.6 Å². The van der Waals surface area contributed by atoms with Crippen LogP contribution in [0.1, 0.15) is 18.4 Å². The van der Waals surface area contributed by atoms with Gasteiger partial charge in [-0.15, -0.1) is 0 Å². The second-order valence-electron chi connectivity index (χ2n) is 7.26. The average molecular weight is 426 g/mol. The van der Waals surface area contributed by atoms with Crippen molar-refractivity contribution in [2.24, 2.45) is 16.8 Å².